The van der Waals surface area contributed by atoms with Crippen LogP contribution < -0.4 is 4.74 Å². The van der Waals surface area contributed by atoms with Crippen molar-refractivity contribution in [1.82, 2.24) is 0 Å². The zero-order valence-corrected chi connectivity index (χ0v) is 8.27. The molecule has 1 aliphatic carbocycles. The number of benzene rings is 1. The molecule has 2 rings (SSSR count). The van der Waals surface area contributed by atoms with Gasteiger partial charge in [-0.05, 0) is 31.9 Å². The van der Waals surface area contributed by atoms with E-state index in [1.807, 2.05) is 0 Å². The highest BCUT2D eigenvalue weighted by atomic mass is 19.4. The highest BCUT2D eigenvalue weighted by Crippen LogP contribution is 2.37. The number of ether oxygens (including phenoxy) is 1. The molecular weight excluding hydrogens is 205 g/mol. The maximum absolute atomic E-state index is 12.5. The summed E-state index contributed by atoms with van der Waals surface area (Å²) in [4.78, 5) is 0. The monoisotopic (exact) mass is 216 g/mol. The second-order valence-electron chi connectivity index (χ2n) is 3.74. The van der Waals surface area contributed by atoms with Crippen molar-refractivity contribution >= 4 is 0 Å². The van der Waals surface area contributed by atoms with E-state index in [2.05, 4.69) is 0 Å². The van der Waals surface area contributed by atoms with Crippen LogP contribution in [-0.2, 0) is 6.18 Å². The molecule has 1 nitrogen and oxygen atoms in total. The van der Waals surface area contributed by atoms with Gasteiger partial charge in [-0.15, -0.1) is 0 Å². The van der Waals surface area contributed by atoms with E-state index in [1.165, 1.54) is 13.0 Å². The van der Waals surface area contributed by atoms with E-state index in [0.29, 0.717) is 5.75 Å². The van der Waals surface area contributed by atoms with Crippen LogP contribution in [0, 0.1) is 6.92 Å². The van der Waals surface area contributed by atoms with Gasteiger partial charge in [0.05, 0.1) is 11.7 Å². The third kappa shape index (κ3) is 2.25. The highest BCUT2D eigenvalue weighted by molar-refractivity contribution is 5.40. The van der Waals surface area contributed by atoms with Gasteiger partial charge in [-0.1, -0.05) is 6.07 Å². The molecule has 0 atom stereocenters. The maximum atomic E-state index is 12.5. The Morgan fingerprint density at radius 3 is 2.47 bits per heavy atom. The number of rotatable bonds is 2. The lowest BCUT2D eigenvalue weighted by Crippen LogP contribution is -2.09. The summed E-state index contributed by atoms with van der Waals surface area (Å²) in [5, 5.41) is 0. The Kier molecular flexibility index (Phi) is 2.37. The van der Waals surface area contributed by atoms with Crippen molar-refractivity contribution in [1.29, 1.82) is 0 Å². The van der Waals surface area contributed by atoms with Crippen LogP contribution in [0.1, 0.15) is 24.0 Å². The summed E-state index contributed by atoms with van der Waals surface area (Å²) < 4.78 is 43.0. The van der Waals surface area contributed by atoms with Gasteiger partial charge in [0.25, 0.3) is 0 Å². The number of halogens is 3. The van der Waals surface area contributed by atoms with E-state index in [4.69, 9.17) is 4.74 Å². The number of alkyl halides is 3. The molecular formula is C11H11F3O. The lowest BCUT2D eigenvalue weighted by atomic mass is 10.1. The fraction of sp³-hybridized carbons (Fsp3) is 0.455. The van der Waals surface area contributed by atoms with Gasteiger partial charge in [-0.2, -0.15) is 13.2 Å². The SMILES string of the molecule is Cc1c(OC2CC2)cccc1C(F)(F)F. The minimum absolute atomic E-state index is 0.118. The van der Waals surface area contributed by atoms with Gasteiger partial charge in [0.15, 0.2) is 0 Å². The number of hydrogen-bond acceptors (Lipinski definition) is 1. The molecule has 0 unspecified atom stereocenters. The van der Waals surface area contributed by atoms with Crippen LogP contribution in [0.5, 0.6) is 5.75 Å². The van der Waals surface area contributed by atoms with Gasteiger partial charge in [-0.3, -0.25) is 0 Å². The van der Waals surface area contributed by atoms with Crippen molar-refractivity contribution in [3.05, 3.63) is 29.3 Å². The van der Waals surface area contributed by atoms with Crippen LogP contribution >= 0.6 is 0 Å². The summed E-state index contributed by atoms with van der Waals surface area (Å²) >= 11 is 0. The standard InChI is InChI=1S/C11H11F3O/c1-7-9(11(12,13)14)3-2-4-10(7)15-8-5-6-8/h2-4,8H,5-6H2,1H3. The molecule has 0 bridgehead atoms. The zero-order valence-electron chi connectivity index (χ0n) is 8.27. The fourth-order valence-electron chi connectivity index (χ4n) is 1.41. The van der Waals surface area contributed by atoms with Crippen LogP contribution in [0.15, 0.2) is 18.2 Å². The average Bonchev–Trinajstić information content (AvgIpc) is 2.90. The van der Waals surface area contributed by atoms with E-state index < -0.39 is 11.7 Å². The van der Waals surface area contributed by atoms with Crippen LogP contribution in [0.2, 0.25) is 0 Å². The average molecular weight is 216 g/mol. The van der Waals surface area contributed by atoms with Crippen LogP contribution in [0.25, 0.3) is 0 Å². The molecule has 15 heavy (non-hydrogen) atoms. The summed E-state index contributed by atoms with van der Waals surface area (Å²) in [5.74, 6) is 0.354. The first-order chi connectivity index (χ1) is 6.98. The van der Waals surface area contributed by atoms with E-state index in [0.717, 1.165) is 18.9 Å². The minimum Gasteiger partial charge on any atom is -0.490 e. The predicted octanol–water partition coefficient (Wildman–Crippen LogP) is 3.56. The molecule has 4 heteroatoms. The molecule has 0 amide bonds. The molecule has 1 fully saturated rings. The van der Waals surface area contributed by atoms with Crippen molar-refractivity contribution in [3.63, 3.8) is 0 Å². The molecule has 1 aromatic carbocycles. The van der Waals surface area contributed by atoms with Crippen molar-refractivity contribution in [3.8, 4) is 5.75 Å². The molecule has 82 valence electrons. The Hall–Kier alpha value is -1.19. The molecule has 0 saturated heterocycles. The van der Waals surface area contributed by atoms with Gasteiger partial charge >= 0.3 is 6.18 Å². The lowest BCUT2D eigenvalue weighted by molar-refractivity contribution is -0.138. The van der Waals surface area contributed by atoms with Gasteiger partial charge in [-0.25, -0.2) is 0 Å². The quantitative estimate of drug-likeness (QED) is 0.734. The molecule has 1 saturated carbocycles. The Balaban J connectivity index is 2.31. The zero-order chi connectivity index (χ0) is 11.1. The van der Waals surface area contributed by atoms with Crippen molar-refractivity contribution in [2.75, 3.05) is 0 Å². The maximum Gasteiger partial charge on any atom is 0.416 e. The Morgan fingerprint density at radius 2 is 1.93 bits per heavy atom. The first kappa shape index (κ1) is 10.3. The summed E-state index contributed by atoms with van der Waals surface area (Å²) in [7, 11) is 0. The van der Waals surface area contributed by atoms with Gasteiger partial charge in [0.1, 0.15) is 5.75 Å². The van der Waals surface area contributed by atoms with Gasteiger partial charge in [0.2, 0.25) is 0 Å². The summed E-state index contributed by atoms with van der Waals surface area (Å²) in [5.41, 5.74) is -0.433. The smallest absolute Gasteiger partial charge is 0.416 e. The topological polar surface area (TPSA) is 9.23 Å². The molecule has 0 radical (unpaired) electrons. The van der Waals surface area contributed by atoms with E-state index in [-0.39, 0.29) is 11.7 Å². The number of hydrogen-bond donors (Lipinski definition) is 0. The molecule has 0 aromatic heterocycles. The van der Waals surface area contributed by atoms with Crippen molar-refractivity contribution in [2.45, 2.75) is 32.0 Å². The lowest BCUT2D eigenvalue weighted by Gasteiger charge is -2.14. The molecule has 0 N–H and O–H groups in total. The summed E-state index contributed by atoms with van der Waals surface area (Å²) in [6, 6.07) is 4.05. The van der Waals surface area contributed by atoms with Crippen molar-refractivity contribution in [2.24, 2.45) is 0 Å². The predicted molar refractivity (Wildman–Crippen MR) is 49.8 cm³/mol. The summed E-state index contributed by atoms with van der Waals surface area (Å²) in [6.45, 7) is 1.44. The third-order valence-electron chi connectivity index (χ3n) is 2.41. The van der Waals surface area contributed by atoms with Gasteiger partial charge < -0.3 is 4.74 Å². The Labute approximate surface area is 85.9 Å². The first-order valence-electron chi connectivity index (χ1n) is 4.82. The van der Waals surface area contributed by atoms with Crippen LogP contribution in [0.3, 0.4) is 0 Å². The largest absolute Gasteiger partial charge is 0.490 e. The van der Waals surface area contributed by atoms with Crippen LogP contribution in [-0.4, -0.2) is 6.10 Å². The van der Waals surface area contributed by atoms with E-state index in [9.17, 15) is 13.2 Å². The molecule has 0 heterocycles. The molecule has 0 aliphatic heterocycles. The molecule has 1 aliphatic rings. The minimum atomic E-state index is -4.30. The van der Waals surface area contributed by atoms with Crippen LogP contribution in [0.4, 0.5) is 13.2 Å². The van der Waals surface area contributed by atoms with E-state index >= 15 is 0 Å². The highest BCUT2D eigenvalue weighted by Gasteiger charge is 2.34. The third-order valence-corrected chi connectivity index (χ3v) is 2.41. The summed E-state index contributed by atoms with van der Waals surface area (Å²) in [6.07, 6.45) is -2.30. The Morgan fingerprint density at radius 1 is 1.27 bits per heavy atom. The fourth-order valence-corrected chi connectivity index (χ4v) is 1.41. The second kappa shape index (κ2) is 3.43. The molecule has 1 aromatic rings. The molecule has 0 spiro atoms. The van der Waals surface area contributed by atoms with Crippen molar-refractivity contribution < 1.29 is 17.9 Å². The van der Waals surface area contributed by atoms with Gasteiger partial charge in [0, 0.05) is 5.56 Å². The second-order valence-corrected chi connectivity index (χ2v) is 3.74. The van der Waals surface area contributed by atoms with E-state index in [1.54, 1.807) is 6.07 Å². The normalized spacial score (nSPS) is 16.5. The Bertz CT molecular complexity index is 367. The first-order valence-corrected chi connectivity index (χ1v) is 4.82.